The van der Waals surface area contributed by atoms with Crippen LogP contribution in [0, 0.1) is 11.7 Å². The maximum Gasteiger partial charge on any atom is 0.450 e. The lowest BCUT2D eigenvalue weighted by Gasteiger charge is -2.12. The van der Waals surface area contributed by atoms with Crippen LogP contribution in [0.5, 0.6) is 5.75 Å². The summed E-state index contributed by atoms with van der Waals surface area (Å²) in [5, 5.41) is 0. The number of ketones is 1. The van der Waals surface area contributed by atoms with Gasteiger partial charge in [0.2, 0.25) is 5.78 Å². The van der Waals surface area contributed by atoms with Crippen molar-refractivity contribution in [2.24, 2.45) is 5.92 Å². The van der Waals surface area contributed by atoms with Gasteiger partial charge in [-0.25, -0.2) is 4.39 Å². The summed E-state index contributed by atoms with van der Waals surface area (Å²) in [7, 11) is 0. The SMILES string of the molecule is CC(C(=O)Oc1ccc(F)cc1)C(=O)C(F)(F)F. The van der Waals surface area contributed by atoms with Crippen molar-refractivity contribution in [3.63, 3.8) is 0 Å². The van der Waals surface area contributed by atoms with E-state index in [1.165, 1.54) is 0 Å². The topological polar surface area (TPSA) is 43.4 Å². The van der Waals surface area contributed by atoms with Crippen LogP contribution in [0.15, 0.2) is 24.3 Å². The number of benzene rings is 1. The van der Waals surface area contributed by atoms with E-state index in [1.54, 1.807) is 0 Å². The molecule has 0 radical (unpaired) electrons. The molecule has 7 heteroatoms. The predicted molar refractivity (Wildman–Crippen MR) is 52.3 cm³/mol. The minimum absolute atomic E-state index is 0.136. The van der Waals surface area contributed by atoms with E-state index in [9.17, 15) is 27.2 Å². The Balaban J connectivity index is 2.71. The fourth-order valence-electron chi connectivity index (χ4n) is 1.06. The van der Waals surface area contributed by atoms with Crippen LogP contribution in [0.25, 0.3) is 0 Å². The van der Waals surface area contributed by atoms with Gasteiger partial charge in [0.15, 0.2) is 0 Å². The van der Waals surface area contributed by atoms with Gasteiger partial charge in [0, 0.05) is 0 Å². The normalized spacial score (nSPS) is 12.9. The summed E-state index contributed by atoms with van der Waals surface area (Å²) in [5.74, 6) is -6.22. The minimum atomic E-state index is -5.10. The smallest absolute Gasteiger partial charge is 0.426 e. The summed E-state index contributed by atoms with van der Waals surface area (Å²) >= 11 is 0. The third-order valence-corrected chi connectivity index (χ3v) is 2.06. The number of esters is 1. The molecule has 1 atom stereocenters. The molecule has 1 rings (SSSR count). The number of ether oxygens (including phenoxy) is 1. The summed E-state index contributed by atoms with van der Waals surface area (Å²) in [6.07, 6.45) is -5.10. The molecule has 18 heavy (non-hydrogen) atoms. The number of halogens is 4. The maximum absolute atomic E-state index is 12.5. The molecule has 0 spiro atoms. The van der Waals surface area contributed by atoms with Crippen LogP contribution >= 0.6 is 0 Å². The standard InChI is InChI=1S/C11H8F4O3/c1-6(9(16)11(13,14)15)10(17)18-8-4-2-7(12)3-5-8/h2-6H,1H3. The van der Waals surface area contributed by atoms with Gasteiger partial charge in [0.25, 0.3) is 0 Å². The second-order valence-electron chi connectivity index (χ2n) is 3.46. The molecule has 0 saturated heterocycles. The van der Waals surface area contributed by atoms with Crippen LogP contribution in [0.3, 0.4) is 0 Å². The second kappa shape index (κ2) is 5.16. The molecule has 0 heterocycles. The molecule has 0 aliphatic heterocycles. The van der Waals surface area contributed by atoms with Gasteiger partial charge in [-0.3, -0.25) is 9.59 Å². The van der Waals surface area contributed by atoms with Gasteiger partial charge in [0.1, 0.15) is 17.5 Å². The summed E-state index contributed by atoms with van der Waals surface area (Å²) in [6, 6.07) is 4.08. The van der Waals surface area contributed by atoms with Gasteiger partial charge in [-0.2, -0.15) is 13.2 Å². The van der Waals surface area contributed by atoms with Crippen molar-refractivity contribution in [3.05, 3.63) is 30.1 Å². The van der Waals surface area contributed by atoms with E-state index in [0.717, 1.165) is 31.2 Å². The third-order valence-electron chi connectivity index (χ3n) is 2.06. The Morgan fingerprint density at radius 2 is 1.67 bits per heavy atom. The monoisotopic (exact) mass is 264 g/mol. The molecular weight excluding hydrogens is 256 g/mol. The highest BCUT2D eigenvalue weighted by Gasteiger charge is 2.44. The van der Waals surface area contributed by atoms with E-state index in [1.807, 2.05) is 0 Å². The molecule has 1 unspecified atom stereocenters. The molecule has 0 bridgehead atoms. The fourth-order valence-corrected chi connectivity index (χ4v) is 1.06. The Labute approximate surface area is 99.4 Å². The molecule has 0 N–H and O–H groups in total. The van der Waals surface area contributed by atoms with Gasteiger partial charge in [-0.15, -0.1) is 0 Å². The molecule has 98 valence electrons. The maximum atomic E-state index is 12.5. The second-order valence-corrected chi connectivity index (χ2v) is 3.46. The van der Waals surface area contributed by atoms with Gasteiger partial charge in [0.05, 0.1) is 0 Å². The number of alkyl halides is 3. The first kappa shape index (κ1) is 14.1. The van der Waals surface area contributed by atoms with Crippen molar-refractivity contribution >= 4 is 11.8 Å². The lowest BCUT2D eigenvalue weighted by molar-refractivity contribution is -0.178. The predicted octanol–water partition coefficient (Wildman–Crippen LogP) is 2.50. The lowest BCUT2D eigenvalue weighted by Crippen LogP contribution is -2.35. The summed E-state index contributed by atoms with van der Waals surface area (Å²) < 4.78 is 53.2. The molecule has 0 aliphatic rings. The van der Waals surface area contributed by atoms with Gasteiger partial charge < -0.3 is 4.74 Å². The Hall–Kier alpha value is -1.92. The largest absolute Gasteiger partial charge is 0.450 e. The third kappa shape index (κ3) is 3.54. The number of Topliss-reactive ketones (excluding diaryl/α,β-unsaturated/α-hetero) is 1. The van der Waals surface area contributed by atoms with Crippen molar-refractivity contribution in [1.29, 1.82) is 0 Å². The molecular formula is C11H8F4O3. The van der Waals surface area contributed by atoms with E-state index in [4.69, 9.17) is 0 Å². The fraction of sp³-hybridized carbons (Fsp3) is 0.273. The first-order valence-corrected chi connectivity index (χ1v) is 4.80. The molecule has 0 fully saturated rings. The minimum Gasteiger partial charge on any atom is -0.426 e. The van der Waals surface area contributed by atoms with Crippen LogP contribution in [-0.2, 0) is 9.59 Å². The quantitative estimate of drug-likeness (QED) is 0.364. The van der Waals surface area contributed by atoms with E-state index < -0.39 is 29.7 Å². The highest BCUT2D eigenvalue weighted by atomic mass is 19.4. The van der Waals surface area contributed by atoms with Crippen molar-refractivity contribution in [3.8, 4) is 5.75 Å². The molecule has 1 aromatic rings. The van der Waals surface area contributed by atoms with Crippen molar-refractivity contribution < 1.29 is 31.9 Å². The zero-order chi connectivity index (χ0) is 13.9. The number of rotatable bonds is 3. The Bertz CT molecular complexity index is 450. The van der Waals surface area contributed by atoms with Crippen LogP contribution in [0.1, 0.15) is 6.92 Å². The van der Waals surface area contributed by atoms with E-state index in [-0.39, 0.29) is 5.75 Å². The van der Waals surface area contributed by atoms with Gasteiger partial charge in [-0.05, 0) is 31.2 Å². The summed E-state index contributed by atoms with van der Waals surface area (Å²) in [6.45, 7) is 0.793. The molecule has 3 nitrogen and oxygen atoms in total. The average molecular weight is 264 g/mol. The van der Waals surface area contributed by atoms with Crippen LogP contribution in [0.4, 0.5) is 17.6 Å². The van der Waals surface area contributed by atoms with Crippen molar-refractivity contribution in [1.82, 2.24) is 0 Å². The lowest BCUT2D eigenvalue weighted by atomic mass is 10.1. The zero-order valence-corrected chi connectivity index (χ0v) is 9.12. The highest BCUT2D eigenvalue weighted by molar-refractivity contribution is 6.02. The molecule has 0 amide bonds. The molecule has 1 aromatic carbocycles. The number of carbonyl (C=O) groups excluding carboxylic acids is 2. The number of carbonyl (C=O) groups is 2. The first-order chi connectivity index (χ1) is 8.21. The summed E-state index contributed by atoms with van der Waals surface area (Å²) in [4.78, 5) is 22.0. The van der Waals surface area contributed by atoms with Crippen LogP contribution in [0.2, 0.25) is 0 Å². The zero-order valence-electron chi connectivity index (χ0n) is 9.12. The van der Waals surface area contributed by atoms with Crippen molar-refractivity contribution in [2.45, 2.75) is 13.1 Å². The van der Waals surface area contributed by atoms with Crippen molar-refractivity contribution in [2.75, 3.05) is 0 Å². The van der Waals surface area contributed by atoms with Crippen LogP contribution in [-0.4, -0.2) is 17.9 Å². The molecule has 0 aromatic heterocycles. The van der Waals surface area contributed by atoms with Crippen LogP contribution < -0.4 is 4.74 Å². The summed E-state index contributed by atoms with van der Waals surface area (Å²) in [5.41, 5.74) is 0. The number of hydrogen-bond acceptors (Lipinski definition) is 3. The van der Waals surface area contributed by atoms with Gasteiger partial charge >= 0.3 is 12.1 Å². The molecule has 0 aliphatic carbocycles. The Kier molecular flexibility index (Phi) is 4.05. The average Bonchev–Trinajstić information content (AvgIpc) is 2.29. The van der Waals surface area contributed by atoms with E-state index in [0.29, 0.717) is 0 Å². The van der Waals surface area contributed by atoms with Gasteiger partial charge in [-0.1, -0.05) is 0 Å². The van der Waals surface area contributed by atoms with E-state index in [2.05, 4.69) is 4.74 Å². The Morgan fingerprint density at radius 3 is 2.11 bits per heavy atom. The Morgan fingerprint density at radius 1 is 1.17 bits per heavy atom. The van der Waals surface area contributed by atoms with E-state index >= 15 is 0 Å². The molecule has 0 saturated carbocycles. The first-order valence-electron chi connectivity index (χ1n) is 4.80. The highest BCUT2D eigenvalue weighted by Crippen LogP contribution is 2.22. The number of hydrogen-bond donors (Lipinski definition) is 0.